The second kappa shape index (κ2) is 7.10. The van der Waals surface area contributed by atoms with Crippen LogP contribution < -0.4 is 5.32 Å². The Kier molecular flexibility index (Phi) is 5.67. The van der Waals surface area contributed by atoms with Crippen LogP contribution in [0.25, 0.3) is 0 Å². The molecule has 4 heteroatoms. The molecule has 0 bridgehead atoms. The van der Waals surface area contributed by atoms with E-state index < -0.39 is 5.54 Å². The minimum atomic E-state index is -0.460. The summed E-state index contributed by atoms with van der Waals surface area (Å²) in [6.45, 7) is 11.3. The molecule has 1 saturated heterocycles. The standard InChI is InChI=1S/C17H32N2O2/c1-5-21-16(20)17(18-13(2)3)9-6-15(12-17)19-10-7-14(4)8-11-19/h13-15,18H,5-12H2,1-4H3. The molecule has 0 spiro atoms. The Morgan fingerprint density at radius 2 is 2.00 bits per heavy atom. The van der Waals surface area contributed by atoms with Crippen molar-refractivity contribution in [1.82, 2.24) is 10.2 Å². The number of nitrogens with zero attached hydrogens (tertiary/aromatic N) is 1. The third-order valence-corrected chi connectivity index (χ3v) is 5.05. The summed E-state index contributed by atoms with van der Waals surface area (Å²) >= 11 is 0. The highest BCUT2D eigenvalue weighted by atomic mass is 16.5. The van der Waals surface area contributed by atoms with Gasteiger partial charge in [-0.05, 0) is 71.9 Å². The van der Waals surface area contributed by atoms with Gasteiger partial charge in [0.05, 0.1) is 6.61 Å². The third-order valence-electron chi connectivity index (χ3n) is 5.05. The molecule has 1 aliphatic heterocycles. The van der Waals surface area contributed by atoms with Crippen LogP contribution in [0.4, 0.5) is 0 Å². The van der Waals surface area contributed by atoms with E-state index in [1.807, 2.05) is 6.92 Å². The second-order valence-electron chi connectivity index (χ2n) is 7.22. The Hall–Kier alpha value is -0.610. The van der Waals surface area contributed by atoms with E-state index in [4.69, 9.17) is 4.74 Å². The molecule has 1 aliphatic carbocycles. The molecule has 0 aromatic carbocycles. The molecule has 2 aliphatic rings. The Morgan fingerprint density at radius 3 is 2.57 bits per heavy atom. The smallest absolute Gasteiger partial charge is 0.326 e. The summed E-state index contributed by atoms with van der Waals surface area (Å²) in [7, 11) is 0. The monoisotopic (exact) mass is 296 g/mol. The molecule has 21 heavy (non-hydrogen) atoms. The number of likely N-dealkylation sites (tertiary alicyclic amines) is 1. The zero-order valence-corrected chi connectivity index (χ0v) is 14.2. The average Bonchev–Trinajstić information content (AvgIpc) is 2.84. The minimum absolute atomic E-state index is 0.0495. The van der Waals surface area contributed by atoms with E-state index in [-0.39, 0.29) is 5.97 Å². The van der Waals surface area contributed by atoms with Crippen LogP contribution in [-0.4, -0.2) is 48.2 Å². The summed E-state index contributed by atoms with van der Waals surface area (Å²) in [5.41, 5.74) is -0.460. The topological polar surface area (TPSA) is 41.6 Å². The van der Waals surface area contributed by atoms with Crippen LogP contribution in [0.1, 0.15) is 59.8 Å². The van der Waals surface area contributed by atoms with Crippen molar-refractivity contribution >= 4 is 5.97 Å². The molecule has 0 aromatic rings. The highest BCUT2D eigenvalue weighted by molar-refractivity contribution is 5.81. The summed E-state index contributed by atoms with van der Waals surface area (Å²) in [4.78, 5) is 15.1. The average molecular weight is 296 g/mol. The van der Waals surface area contributed by atoms with Crippen molar-refractivity contribution < 1.29 is 9.53 Å². The molecule has 2 atom stereocenters. The molecular formula is C17H32N2O2. The van der Waals surface area contributed by atoms with E-state index in [9.17, 15) is 4.79 Å². The van der Waals surface area contributed by atoms with Crippen LogP contribution in [0.2, 0.25) is 0 Å². The number of rotatable bonds is 5. The zero-order chi connectivity index (χ0) is 15.5. The summed E-state index contributed by atoms with van der Waals surface area (Å²) in [6.07, 6.45) is 5.49. The van der Waals surface area contributed by atoms with Crippen molar-refractivity contribution in [3.8, 4) is 0 Å². The Labute approximate surface area is 129 Å². The predicted molar refractivity (Wildman–Crippen MR) is 85.2 cm³/mol. The van der Waals surface area contributed by atoms with Gasteiger partial charge in [0.15, 0.2) is 0 Å². The Balaban J connectivity index is 2.02. The first-order chi connectivity index (χ1) is 9.97. The van der Waals surface area contributed by atoms with Crippen LogP contribution in [-0.2, 0) is 9.53 Å². The van der Waals surface area contributed by atoms with Gasteiger partial charge >= 0.3 is 5.97 Å². The van der Waals surface area contributed by atoms with E-state index in [2.05, 4.69) is 31.0 Å². The fourth-order valence-electron chi connectivity index (χ4n) is 3.92. The molecule has 1 heterocycles. The Bertz CT molecular complexity index is 351. The molecule has 0 amide bonds. The number of piperidine rings is 1. The highest BCUT2D eigenvalue weighted by Crippen LogP contribution is 2.36. The highest BCUT2D eigenvalue weighted by Gasteiger charge is 2.48. The fraction of sp³-hybridized carbons (Fsp3) is 0.941. The number of carbonyl (C=O) groups is 1. The van der Waals surface area contributed by atoms with Crippen LogP contribution in [0, 0.1) is 5.92 Å². The molecule has 122 valence electrons. The summed E-state index contributed by atoms with van der Waals surface area (Å²) in [5, 5.41) is 3.52. The van der Waals surface area contributed by atoms with Gasteiger partial charge in [-0.1, -0.05) is 6.92 Å². The van der Waals surface area contributed by atoms with Crippen molar-refractivity contribution in [3.05, 3.63) is 0 Å². The number of nitrogens with one attached hydrogen (secondary N) is 1. The van der Waals surface area contributed by atoms with Crippen molar-refractivity contribution in [2.24, 2.45) is 5.92 Å². The van der Waals surface area contributed by atoms with Gasteiger partial charge in [0, 0.05) is 12.1 Å². The molecule has 2 rings (SSSR count). The van der Waals surface area contributed by atoms with Crippen molar-refractivity contribution in [3.63, 3.8) is 0 Å². The first-order valence-electron chi connectivity index (χ1n) is 8.66. The maximum Gasteiger partial charge on any atom is 0.326 e. The van der Waals surface area contributed by atoms with Gasteiger partial charge in [-0.2, -0.15) is 0 Å². The van der Waals surface area contributed by atoms with Crippen LogP contribution in [0.3, 0.4) is 0 Å². The molecule has 4 nitrogen and oxygen atoms in total. The van der Waals surface area contributed by atoms with Gasteiger partial charge in [-0.15, -0.1) is 0 Å². The van der Waals surface area contributed by atoms with E-state index in [1.54, 1.807) is 0 Å². The molecule has 0 radical (unpaired) electrons. The van der Waals surface area contributed by atoms with Crippen LogP contribution in [0.5, 0.6) is 0 Å². The molecule has 2 unspecified atom stereocenters. The molecule has 2 fully saturated rings. The van der Waals surface area contributed by atoms with E-state index in [0.717, 1.165) is 25.2 Å². The molecular weight excluding hydrogens is 264 g/mol. The first-order valence-corrected chi connectivity index (χ1v) is 8.66. The third kappa shape index (κ3) is 3.98. The van der Waals surface area contributed by atoms with E-state index >= 15 is 0 Å². The fourth-order valence-corrected chi connectivity index (χ4v) is 3.92. The predicted octanol–water partition coefficient (Wildman–Crippen LogP) is 2.57. The number of esters is 1. The minimum Gasteiger partial charge on any atom is -0.465 e. The number of ether oxygens (including phenoxy) is 1. The largest absolute Gasteiger partial charge is 0.465 e. The summed E-state index contributed by atoms with van der Waals surface area (Å²) in [5.74, 6) is 0.804. The summed E-state index contributed by atoms with van der Waals surface area (Å²) in [6, 6.07) is 0.836. The number of hydrogen-bond donors (Lipinski definition) is 1. The maximum absolute atomic E-state index is 12.5. The quantitative estimate of drug-likeness (QED) is 0.792. The zero-order valence-electron chi connectivity index (χ0n) is 14.2. The number of carbonyl (C=O) groups excluding carboxylic acids is 1. The van der Waals surface area contributed by atoms with Crippen molar-refractivity contribution in [2.75, 3.05) is 19.7 Å². The van der Waals surface area contributed by atoms with Crippen LogP contribution in [0.15, 0.2) is 0 Å². The van der Waals surface area contributed by atoms with Gasteiger partial charge in [-0.25, -0.2) is 0 Å². The van der Waals surface area contributed by atoms with E-state index in [0.29, 0.717) is 18.7 Å². The molecule has 0 aromatic heterocycles. The van der Waals surface area contributed by atoms with Gasteiger partial charge in [0.1, 0.15) is 5.54 Å². The number of hydrogen-bond acceptors (Lipinski definition) is 4. The molecule has 1 saturated carbocycles. The van der Waals surface area contributed by atoms with Crippen molar-refractivity contribution in [1.29, 1.82) is 0 Å². The lowest BCUT2D eigenvalue weighted by atomic mass is 9.94. The van der Waals surface area contributed by atoms with Crippen molar-refractivity contribution in [2.45, 2.75) is 77.4 Å². The first kappa shape index (κ1) is 16.8. The maximum atomic E-state index is 12.5. The Morgan fingerprint density at radius 1 is 1.33 bits per heavy atom. The molecule has 1 N–H and O–H groups in total. The van der Waals surface area contributed by atoms with Gasteiger partial charge in [0.2, 0.25) is 0 Å². The normalized spacial score (nSPS) is 31.8. The lowest BCUT2D eigenvalue weighted by Gasteiger charge is -2.36. The van der Waals surface area contributed by atoms with Gasteiger partial charge in [0.25, 0.3) is 0 Å². The van der Waals surface area contributed by atoms with Crippen LogP contribution >= 0.6 is 0 Å². The SMILES string of the molecule is CCOC(=O)C1(NC(C)C)CCC(N2CCC(C)CC2)C1. The lowest BCUT2D eigenvalue weighted by molar-refractivity contribution is -0.151. The lowest BCUT2D eigenvalue weighted by Crippen LogP contribution is -2.55. The summed E-state index contributed by atoms with van der Waals surface area (Å²) < 4.78 is 5.36. The van der Waals surface area contributed by atoms with Gasteiger partial charge < -0.3 is 9.64 Å². The van der Waals surface area contributed by atoms with E-state index in [1.165, 1.54) is 25.9 Å². The second-order valence-corrected chi connectivity index (χ2v) is 7.22. The van der Waals surface area contributed by atoms with Gasteiger partial charge in [-0.3, -0.25) is 10.1 Å².